The number of benzene rings is 1. The largest absolute Gasteiger partial charge is 0.489 e. The molecule has 0 spiro atoms. The maximum absolute atomic E-state index is 13.6. The minimum atomic E-state index is -0.227. The van der Waals surface area contributed by atoms with Crippen LogP contribution < -0.4 is 10.3 Å². The molecule has 0 aliphatic carbocycles. The fourth-order valence-corrected chi connectivity index (χ4v) is 4.41. The Morgan fingerprint density at radius 2 is 2.00 bits per heavy atom. The van der Waals surface area contributed by atoms with Crippen LogP contribution in [0.3, 0.4) is 0 Å². The average molecular weight is 456 g/mol. The van der Waals surface area contributed by atoms with Gasteiger partial charge in [0, 0.05) is 30.4 Å². The molecule has 2 aromatic heterocycles. The summed E-state index contributed by atoms with van der Waals surface area (Å²) in [5, 5.41) is 8.87. The second kappa shape index (κ2) is 8.43. The van der Waals surface area contributed by atoms with E-state index < -0.39 is 0 Å². The topological polar surface area (TPSA) is 93.1 Å². The first-order chi connectivity index (χ1) is 15.2. The molecule has 0 saturated carbocycles. The molecule has 9 heteroatoms. The van der Waals surface area contributed by atoms with Crippen molar-refractivity contribution in [3.63, 3.8) is 0 Å². The standard InChI is InChI=1S/C23H26ClN5O3/c1-12(2)32-19-9-16(18-10-25-28(5)27-18)15-6-7-29(23(31)20(15)21(19)24)11-17-13(3)8-14(4)26-22(17)30/h8-10,12H,6-7,11H2,1-5H3,(H,26,30). The molecule has 0 unspecified atom stereocenters. The summed E-state index contributed by atoms with van der Waals surface area (Å²) in [4.78, 5) is 32.1. The SMILES string of the molecule is Cc1cc(C)c(CN2CCc3c(-c4cnn(C)n4)cc(OC(C)C)c(Cl)c3C2=O)c(=O)[nH]1. The van der Waals surface area contributed by atoms with Crippen LogP contribution in [-0.2, 0) is 20.0 Å². The third-order valence-electron chi connectivity index (χ3n) is 5.55. The minimum Gasteiger partial charge on any atom is -0.489 e. The molecular weight excluding hydrogens is 430 g/mol. The number of nitrogens with one attached hydrogen (secondary N) is 1. The van der Waals surface area contributed by atoms with E-state index in [-0.39, 0.29) is 29.1 Å². The monoisotopic (exact) mass is 455 g/mol. The lowest BCUT2D eigenvalue weighted by Crippen LogP contribution is -2.39. The van der Waals surface area contributed by atoms with E-state index in [4.69, 9.17) is 16.3 Å². The van der Waals surface area contributed by atoms with Crippen molar-refractivity contribution in [3.05, 3.63) is 61.7 Å². The molecule has 1 aliphatic rings. The summed E-state index contributed by atoms with van der Waals surface area (Å²) < 4.78 is 5.92. The number of aryl methyl sites for hydroxylation is 3. The molecule has 0 fully saturated rings. The zero-order chi connectivity index (χ0) is 23.2. The molecule has 4 rings (SSSR count). The van der Waals surface area contributed by atoms with Gasteiger partial charge in [-0.2, -0.15) is 15.0 Å². The third-order valence-corrected chi connectivity index (χ3v) is 5.93. The highest BCUT2D eigenvalue weighted by molar-refractivity contribution is 6.35. The van der Waals surface area contributed by atoms with Gasteiger partial charge in [-0.3, -0.25) is 9.59 Å². The van der Waals surface area contributed by atoms with Crippen molar-refractivity contribution >= 4 is 17.5 Å². The van der Waals surface area contributed by atoms with E-state index in [2.05, 4.69) is 15.2 Å². The molecule has 0 atom stereocenters. The Morgan fingerprint density at radius 1 is 1.25 bits per heavy atom. The van der Waals surface area contributed by atoms with Crippen LogP contribution in [-0.4, -0.2) is 43.4 Å². The van der Waals surface area contributed by atoms with Crippen LogP contribution >= 0.6 is 11.6 Å². The maximum atomic E-state index is 13.6. The number of hydrogen-bond acceptors (Lipinski definition) is 5. The summed E-state index contributed by atoms with van der Waals surface area (Å²) in [6.45, 7) is 8.20. The first-order valence-corrected chi connectivity index (χ1v) is 10.9. The molecule has 1 N–H and O–H groups in total. The number of fused-ring (bicyclic) bond motifs is 1. The number of aromatic amines is 1. The number of amides is 1. The Morgan fingerprint density at radius 3 is 2.62 bits per heavy atom. The highest BCUT2D eigenvalue weighted by atomic mass is 35.5. The van der Waals surface area contributed by atoms with Gasteiger partial charge in [-0.05, 0) is 57.4 Å². The number of nitrogens with zero attached hydrogens (tertiary/aromatic N) is 4. The summed E-state index contributed by atoms with van der Waals surface area (Å²) in [5.41, 5.74) is 4.70. The normalized spacial score (nSPS) is 13.6. The molecule has 1 aromatic carbocycles. The van der Waals surface area contributed by atoms with Gasteiger partial charge in [0.05, 0.1) is 29.4 Å². The van der Waals surface area contributed by atoms with Gasteiger partial charge in [0.15, 0.2) is 0 Å². The molecule has 32 heavy (non-hydrogen) atoms. The lowest BCUT2D eigenvalue weighted by Gasteiger charge is -2.31. The molecule has 168 valence electrons. The number of carbonyl (C=O) groups is 1. The first kappa shape index (κ1) is 22.1. The van der Waals surface area contributed by atoms with E-state index in [1.54, 1.807) is 18.1 Å². The Balaban J connectivity index is 1.80. The van der Waals surface area contributed by atoms with E-state index in [9.17, 15) is 9.59 Å². The van der Waals surface area contributed by atoms with Crippen molar-refractivity contribution in [3.8, 4) is 17.0 Å². The Bertz CT molecular complexity index is 1260. The molecule has 0 radical (unpaired) electrons. The smallest absolute Gasteiger partial charge is 0.256 e. The van der Waals surface area contributed by atoms with Crippen LogP contribution in [0.15, 0.2) is 23.1 Å². The number of carbonyl (C=O) groups excluding carboxylic acids is 1. The lowest BCUT2D eigenvalue weighted by molar-refractivity contribution is 0.0725. The molecule has 1 amide bonds. The molecule has 0 bridgehead atoms. The number of halogens is 1. The van der Waals surface area contributed by atoms with Crippen LogP contribution in [0.4, 0.5) is 0 Å². The first-order valence-electron chi connectivity index (χ1n) is 10.5. The van der Waals surface area contributed by atoms with Crippen LogP contribution in [0.5, 0.6) is 5.75 Å². The molecule has 1 aliphatic heterocycles. The van der Waals surface area contributed by atoms with Crippen LogP contribution in [0.1, 0.15) is 46.6 Å². The van der Waals surface area contributed by atoms with Gasteiger partial charge in [-0.25, -0.2) is 0 Å². The Kier molecular flexibility index (Phi) is 5.81. The van der Waals surface area contributed by atoms with E-state index in [0.717, 1.165) is 22.4 Å². The van der Waals surface area contributed by atoms with Gasteiger partial charge in [0.25, 0.3) is 11.5 Å². The molecule has 8 nitrogen and oxygen atoms in total. The van der Waals surface area contributed by atoms with Crippen molar-refractivity contribution in [1.82, 2.24) is 24.9 Å². The fourth-order valence-electron chi connectivity index (χ4n) is 4.12. The van der Waals surface area contributed by atoms with Crippen molar-refractivity contribution in [2.45, 2.75) is 46.8 Å². The average Bonchev–Trinajstić information content (AvgIpc) is 3.13. The maximum Gasteiger partial charge on any atom is 0.256 e. The van der Waals surface area contributed by atoms with Crippen molar-refractivity contribution in [2.75, 3.05) is 6.54 Å². The van der Waals surface area contributed by atoms with Gasteiger partial charge in [0.2, 0.25) is 0 Å². The summed E-state index contributed by atoms with van der Waals surface area (Å²) in [7, 11) is 1.74. The molecular formula is C23H26ClN5O3. The number of ether oxygens (including phenoxy) is 1. The predicted octanol–water partition coefficient (Wildman–Crippen LogP) is 3.43. The van der Waals surface area contributed by atoms with Gasteiger partial charge < -0.3 is 14.6 Å². The highest BCUT2D eigenvalue weighted by Gasteiger charge is 2.32. The second-order valence-electron chi connectivity index (χ2n) is 8.40. The summed E-state index contributed by atoms with van der Waals surface area (Å²) in [5.74, 6) is 0.204. The van der Waals surface area contributed by atoms with Crippen molar-refractivity contribution in [1.29, 1.82) is 0 Å². The fraction of sp³-hybridized carbons (Fsp3) is 0.391. The van der Waals surface area contributed by atoms with Crippen LogP contribution in [0, 0.1) is 13.8 Å². The van der Waals surface area contributed by atoms with E-state index in [1.165, 1.54) is 4.80 Å². The lowest BCUT2D eigenvalue weighted by atomic mass is 9.91. The number of aromatic nitrogens is 4. The number of H-pyrrole nitrogens is 1. The van der Waals surface area contributed by atoms with Crippen molar-refractivity contribution < 1.29 is 9.53 Å². The second-order valence-corrected chi connectivity index (χ2v) is 8.77. The quantitative estimate of drug-likeness (QED) is 0.636. The highest BCUT2D eigenvalue weighted by Crippen LogP contribution is 2.41. The summed E-state index contributed by atoms with van der Waals surface area (Å²) in [6, 6.07) is 3.75. The minimum absolute atomic E-state index is 0.121. The van der Waals surface area contributed by atoms with Gasteiger partial charge >= 0.3 is 0 Å². The van der Waals surface area contributed by atoms with Crippen LogP contribution in [0.2, 0.25) is 5.02 Å². The number of rotatable bonds is 5. The molecule has 3 heterocycles. The zero-order valence-electron chi connectivity index (χ0n) is 18.8. The number of pyridine rings is 1. The predicted molar refractivity (Wildman–Crippen MR) is 122 cm³/mol. The molecule has 3 aromatic rings. The Hall–Kier alpha value is -3.13. The van der Waals surface area contributed by atoms with Gasteiger partial charge in [-0.15, -0.1) is 0 Å². The summed E-state index contributed by atoms with van der Waals surface area (Å²) >= 11 is 6.70. The Labute approximate surface area is 191 Å². The third kappa shape index (κ3) is 4.02. The van der Waals surface area contributed by atoms with E-state index in [1.807, 2.05) is 39.8 Å². The number of hydrogen-bond donors (Lipinski definition) is 1. The van der Waals surface area contributed by atoms with E-state index >= 15 is 0 Å². The molecule has 0 saturated heterocycles. The van der Waals surface area contributed by atoms with Gasteiger partial charge in [-0.1, -0.05) is 11.6 Å². The van der Waals surface area contributed by atoms with E-state index in [0.29, 0.717) is 35.5 Å². The van der Waals surface area contributed by atoms with Crippen LogP contribution in [0.25, 0.3) is 11.3 Å². The zero-order valence-corrected chi connectivity index (χ0v) is 19.6. The summed E-state index contributed by atoms with van der Waals surface area (Å²) in [6.07, 6.45) is 2.12. The van der Waals surface area contributed by atoms with Crippen molar-refractivity contribution in [2.24, 2.45) is 7.05 Å². The van der Waals surface area contributed by atoms with Gasteiger partial charge in [0.1, 0.15) is 11.4 Å².